The summed E-state index contributed by atoms with van der Waals surface area (Å²) in [5.74, 6) is 1.67. The Hall–Kier alpha value is -1.59. The van der Waals surface area contributed by atoms with Crippen molar-refractivity contribution in [1.82, 2.24) is 30.7 Å². The van der Waals surface area contributed by atoms with E-state index >= 15 is 0 Å². The summed E-state index contributed by atoms with van der Waals surface area (Å²) in [6.07, 6.45) is 5.26. The molecule has 1 aromatic heterocycles. The topological polar surface area (TPSA) is 105 Å². The van der Waals surface area contributed by atoms with Crippen molar-refractivity contribution in [2.24, 2.45) is 4.99 Å². The summed E-state index contributed by atoms with van der Waals surface area (Å²) < 4.78 is 7.34. The number of hydrogen-bond donors (Lipinski definition) is 3. The van der Waals surface area contributed by atoms with E-state index < -0.39 is 11.7 Å². The number of alkyl carbamates (subject to hydrolysis) is 1. The van der Waals surface area contributed by atoms with Gasteiger partial charge in [0, 0.05) is 39.1 Å². The second-order valence-corrected chi connectivity index (χ2v) is 7.66. The van der Waals surface area contributed by atoms with Gasteiger partial charge in [0.25, 0.3) is 0 Å². The number of ether oxygens (including phenoxy) is 1. The van der Waals surface area contributed by atoms with Crippen molar-refractivity contribution < 1.29 is 9.53 Å². The number of aromatic nitrogens is 3. The number of carbonyl (C=O) groups excluding carboxylic acids is 1. The minimum Gasteiger partial charge on any atom is -0.444 e. The molecule has 1 aromatic rings. The SMILES string of the molecule is CCCCC(CNC(=O)OC(C)(C)C)NC(=NC)NCCn1cnnc1CC.I. The molecule has 1 rings (SSSR count). The van der Waals surface area contributed by atoms with Gasteiger partial charge in [-0.15, -0.1) is 34.2 Å². The molecule has 0 aliphatic carbocycles. The van der Waals surface area contributed by atoms with Gasteiger partial charge in [0.15, 0.2) is 5.96 Å². The van der Waals surface area contributed by atoms with Gasteiger partial charge >= 0.3 is 6.09 Å². The van der Waals surface area contributed by atoms with Crippen molar-refractivity contribution in [3.8, 4) is 0 Å². The van der Waals surface area contributed by atoms with Gasteiger partial charge in [0.1, 0.15) is 17.8 Å². The number of rotatable bonds is 10. The molecule has 0 saturated heterocycles. The quantitative estimate of drug-likeness (QED) is 0.248. The highest BCUT2D eigenvalue weighted by Gasteiger charge is 2.18. The fraction of sp³-hybridized carbons (Fsp3) is 0.789. The highest BCUT2D eigenvalue weighted by molar-refractivity contribution is 14.0. The normalized spacial score (nSPS) is 12.7. The Morgan fingerprint density at radius 1 is 1.31 bits per heavy atom. The van der Waals surface area contributed by atoms with E-state index in [9.17, 15) is 4.79 Å². The predicted molar refractivity (Wildman–Crippen MR) is 127 cm³/mol. The third-order valence-electron chi connectivity index (χ3n) is 4.02. The Labute approximate surface area is 191 Å². The zero-order chi connectivity index (χ0) is 21.0. The average molecular weight is 523 g/mol. The first kappa shape index (κ1) is 27.4. The molecule has 0 radical (unpaired) electrons. The summed E-state index contributed by atoms with van der Waals surface area (Å²) in [5, 5.41) is 17.6. The molecule has 0 spiro atoms. The maximum absolute atomic E-state index is 11.9. The Morgan fingerprint density at radius 3 is 2.62 bits per heavy atom. The number of guanidine groups is 1. The van der Waals surface area contributed by atoms with Gasteiger partial charge in [-0.25, -0.2) is 4.79 Å². The zero-order valence-electron chi connectivity index (χ0n) is 18.6. The molecule has 1 amide bonds. The molecule has 0 aliphatic heterocycles. The van der Waals surface area contributed by atoms with Crippen LogP contribution in [0.25, 0.3) is 0 Å². The molecule has 29 heavy (non-hydrogen) atoms. The van der Waals surface area contributed by atoms with E-state index in [4.69, 9.17) is 4.74 Å². The Balaban J connectivity index is 0.00000784. The van der Waals surface area contributed by atoms with E-state index in [2.05, 4.69) is 45.0 Å². The summed E-state index contributed by atoms with van der Waals surface area (Å²) in [4.78, 5) is 16.2. The lowest BCUT2D eigenvalue weighted by molar-refractivity contribution is 0.0523. The minimum absolute atomic E-state index is 0. The number of aliphatic imine (C=N–C) groups is 1. The summed E-state index contributed by atoms with van der Waals surface area (Å²) in [5.41, 5.74) is -0.506. The van der Waals surface area contributed by atoms with Gasteiger partial charge in [-0.1, -0.05) is 26.7 Å². The molecular weight excluding hydrogens is 485 g/mol. The molecule has 9 nitrogen and oxygen atoms in total. The minimum atomic E-state index is -0.506. The molecule has 1 atom stereocenters. The third-order valence-corrected chi connectivity index (χ3v) is 4.02. The van der Waals surface area contributed by atoms with E-state index in [1.807, 2.05) is 25.3 Å². The second-order valence-electron chi connectivity index (χ2n) is 7.66. The molecular formula is C19H38IN7O2. The lowest BCUT2D eigenvalue weighted by Crippen LogP contribution is -2.49. The van der Waals surface area contributed by atoms with Crippen LogP contribution in [0.15, 0.2) is 11.3 Å². The van der Waals surface area contributed by atoms with Crippen molar-refractivity contribution in [1.29, 1.82) is 0 Å². The Morgan fingerprint density at radius 2 is 2.03 bits per heavy atom. The second kappa shape index (κ2) is 14.4. The van der Waals surface area contributed by atoms with Crippen LogP contribution in [-0.2, 0) is 17.7 Å². The van der Waals surface area contributed by atoms with Crippen molar-refractivity contribution in [2.45, 2.75) is 78.5 Å². The third kappa shape index (κ3) is 11.9. The smallest absolute Gasteiger partial charge is 0.407 e. The van der Waals surface area contributed by atoms with Crippen molar-refractivity contribution in [2.75, 3.05) is 20.1 Å². The number of amides is 1. The fourth-order valence-corrected chi connectivity index (χ4v) is 2.62. The van der Waals surface area contributed by atoms with E-state index in [0.717, 1.165) is 38.1 Å². The van der Waals surface area contributed by atoms with Crippen molar-refractivity contribution in [3.05, 3.63) is 12.2 Å². The molecule has 1 heterocycles. The number of halogens is 1. The maximum Gasteiger partial charge on any atom is 0.407 e. The number of nitrogens with zero attached hydrogens (tertiary/aromatic N) is 4. The molecule has 168 valence electrons. The van der Waals surface area contributed by atoms with Crippen LogP contribution in [0.3, 0.4) is 0 Å². The van der Waals surface area contributed by atoms with Crippen LogP contribution in [0.4, 0.5) is 4.79 Å². The number of aryl methyl sites for hydroxylation is 1. The zero-order valence-corrected chi connectivity index (χ0v) is 20.9. The summed E-state index contributed by atoms with van der Waals surface area (Å²) >= 11 is 0. The molecule has 10 heteroatoms. The summed E-state index contributed by atoms with van der Waals surface area (Å²) in [6.45, 7) is 11.7. The first-order chi connectivity index (χ1) is 13.3. The molecule has 0 saturated carbocycles. The van der Waals surface area contributed by atoms with Crippen molar-refractivity contribution in [3.63, 3.8) is 0 Å². The van der Waals surface area contributed by atoms with E-state index in [1.165, 1.54) is 0 Å². The van der Waals surface area contributed by atoms with E-state index in [1.54, 1.807) is 13.4 Å². The monoisotopic (exact) mass is 523 g/mol. The standard InChI is InChI=1S/C19H37N7O2.HI/c1-7-9-10-15(13-22-18(27)28-19(3,4)5)24-17(20-6)21-11-12-26-14-23-25-16(26)8-2;/h14-15H,7-13H2,1-6H3,(H,22,27)(H2,20,21,24);1H. The molecule has 1 unspecified atom stereocenters. The summed E-state index contributed by atoms with van der Waals surface area (Å²) in [6, 6.07) is 0.0692. The lowest BCUT2D eigenvalue weighted by atomic mass is 10.1. The van der Waals surface area contributed by atoms with Gasteiger partial charge in [0.2, 0.25) is 0 Å². The first-order valence-electron chi connectivity index (χ1n) is 10.1. The van der Waals surface area contributed by atoms with Crippen LogP contribution in [0.2, 0.25) is 0 Å². The lowest BCUT2D eigenvalue weighted by Gasteiger charge is -2.24. The van der Waals surface area contributed by atoms with E-state index in [0.29, 0.717) is 19.0 Å². The fourth-order valence-electron chi connectivity index (χ4n) is 2.62. The van der Waals surface area contributed by atoms with Crippen LogP contribution in [0.1, 0.15) is 59.7 Å². The van der Waals surface area contributed by atoms with Gasteiger partial charge < -0.3 is 25.3 Å². The van der Waals surface area contributed by atoms with Crippen LogP contribution in [0.5, 0.6) is 0 Å². The molecule has 0 aromatic carbocycles. The van der Waals surface area contributed by atoms with Gasteiger partial charge in [0.05, 0.1) is 0 Å². The van der Waals surface area contributed by atoms with Crippen LogP contribution >= 0.6 is 24.0 Å². The number of hydrogen-bond acceptors (Lipinski definition) is 5. The number of unbranched alkanes of at least 4 members (excludes halogenated alkanes) is 1. The summed E-state index contributed by atoms with van der Waals surface area (Å²) in [7, 11) is 1.74. The van der Waals surface area contributed by atoms with Gasteiger partial charge in [-0.3, -0.25) is 4.99 Å². The van der Waals surface area contributed by atoms with Crippen molar-refractivity contribution >= 4 is 36.0 Å². The predicted octanol–water partition coefficient (Wildman–Crippen LogP) is 2.71. The Kier molecular flexibility index (Phi) is 13.6. The molecule has 0 aliphatic rings. The average Bonchev–Trinajstić information content (AvgIpc) is 3.08. The van der Waals surface area contributed by atoms with Crippen LogP contribution < -0.4 is 16.0 Å². The molecule has 0 fully saturated rings. The number of carbonyl (C=O) groups is 1. The molecule has 0 bridgehead atoms. The largest absolute Gasteiger partial charge is 0.444 e. The molecule has 3 N–H and O–H groups in total. The first-order valence-corrected chi connectivity index (χ1v) is 10.1. The number of nitrogens with one attached hydrogen (secondary N) is 3. The van der Waals surface area contributed by atoms with Crippen LogP contribution in [-0.4, -0.2) is 58.6 Å². The Bertz CT molecular complexity index is 614. The van der Waals surface area contributed by atoms with Crippen LogP contribution in [0, 0.1) is 0 Å². The van der Waals surface area contributed by atoms with Gasteiger partial charge in [-0.2, -0.15) is 0 Å². The highest BCUT2D eigenvalue weighted by Crippen LogP contribution is 2.07. The van der Waals surface area contributed by atoms with E-state index in [-0.39, 0.29) is 30.0 Å². The highest BCUT2D eigenvalue weighted by atomic mass is 127. The van der Waals surface area contributed by atoms with Gasteiger partial charge in [-0.05, 0) is 27.2 Å². The maximum atomic E-state index is 11.9.